The van der Waals surface area contributed by atoms with E-state index in [1.165, 1.54) is 0 Å². The van der Waals surface area contributed by atoms with E-state index in [2.05, 4.69) is 22.9 Å². The molecule has 0 N–H and O–H groups in total. The van der Waals surface area contributed by atoms with Gasteiger partial charge >= 0.3 is 5.97 Å². The van der Waals surface area contributed by atoms with Gasteiger partial charge in [0.2, 0.25) is 0 Å². The monoisotopic (exact) mass is 222 g/mol. The molecule has 0 fully saturated rings. The fourth-order valence-electron chi connectivity index (χ4n) is 0.761. The number of carbonyl (C=O) groups is 1. The number of carbonyl (C=O) groups excluding carboxylic acids is 1. The second-order valence-corrected chi connectivity index (χ2v) is 4.04. The Kier molecular flexibility index (Phi) is 6.62. The van der Waals surface area contributed by atoms with Crippen molar-refractivity contribution in [2.75, 3.05) is 6.61 Å². The van der Waals surface area contributed by atoms with E-state index in [0.29, 0.717) is 17.9 Å². The van der Waals surface area contributed by atoms with Gasteiger partial charge < -0.3 is 4.74 Å². The van der Waals surface area contributed by atoms with Gasteiger partial charge in [0.15, 0.2) is 0 Å². The lowest BCUT2D eigenvalue weighted by Gasteiger charge is -2.02. The normalized spacial score (nSPS) is 12.6. The molecule has 1 atom stereocenters. The minimum absolute atomic E-state index is 0.0827. The quantitative estimate of drug-likeness (QED) is 0.528. The Hall–Kier alpha value is -0.0500. The molecule has 0 aliphatic carbocycles. The van der Waals surface area contributed by atoms with Gasteiger partial charge in [-0.2, -0.15) is 0 Å². The van der Waals surface area contributed by atoms with Gasteiger partial charge in [-0.25, -0.2) is 0 Å². The number of ether oxygens (including phenoxy) is 1. The number of rotatable bonds is 5. The van der Waals surface area contributed by atoms with Crippen molar-refractivity contribution >= 4 is 21.9 Å². The maximum absolute atomic E-state index is 10.8. The summed E-state index contributed by atoms with van der Waals surface area (Å²) < 4.78 is 4.77. The van der Waals surface area contributed by atoms with E-state index in [1.807, 2.05) is 6.92 Å². The van der Waals surface area contributed by atoms with Gasteiger partial charge in [-0.15, -0.1) is 0 Å². The number of hydrogen-bond acceptors (Lipinski definition) is 2. The lowest BCUT2D eigenvalue weighted by atomic mass is 10.2. The Morgan fingerprint density at radius 3 is 2.73 bits per heavy atom. The molecule has 0 aliphatic heterocycles. The highest BCUT2D eigenvalue weighted by molar-refractivity contribution is 9.09. The first kappa shape index (κ1) is 11.0. The molecule has 0 rings (SSSR count). The number of esters is 1. The predicted molar refractivity (Wildman–Crippen MR) is 48.9 cm³/mol. The third kappa shape index (κ3) is 7.85. The number of halogens is 1. The average molecular weight is 223 g/mol. The predicted octanol–water partition coefficient (Wildman–Crippen LogP) is 2.50. The van der Waals surface area contributed by atoms with Crippen LogP contribution in [-0.4, -0.2) is 17.4 Å². The second kappa shape index (κ2) is 6.65. The van der Waals surface area contributed by atoms with Gasteiger partial charge in [-0.05, 0) is 19.8 Å². The fourth-order valence-corrected chi connectivity index (χ4v) is 1.08. The minimum atomic E-state index is -0.0827. The molecule has 11 heavy (non-hydrogen) atoms. The van der Waals surface area contributed by atoms with E-state index < -0.39 is 0 Å². The molecule has 66 valence electrons. The topological polar surface area (TPSA) is 26.3 Å². The maximum atomic E-state index is 10.8. The summed E-state index contributed by atoms with van der Waals surface area (Å²) in [5.74, 6) is -0.0827. The van der Waals surface area contributed by atoms with Crippen LogP contribution >= 0.6 is 15.9 Å². The molecule has 0 bridgehead atoms. The summed E-state index contributed by atoms with van der Waals surface area (Å²) in [7, 11) is 0. The highest BCUT2D eigenvalue weighted by atomic mass is 79.9. The SMILES string of the molecule is CCOC(=O)CCCC(C)Br. The van der Waals surface area contributed by atoms with Crippen LogP contribution in [0.15, 0.2) is 0 Å². The van der Waals surface area contributed by atoms with E-state index in [0.717, 1.165) is 12.8 Å². The zero-order valence-corrected chi connectivity index (χ0v) is 8.69. The van der Waals surface area contributed by atoms with Crippen LogP contribution in [0.4, 0.5) is 0 Å². The first-order chi connectivity index (χ1) is 5.16. The molecular weight excluding hydrogens is 208 g/mol. The summed E-state index contributed by atoms with van der Waals surface area (Å²) in [5.41, 5.74) is 0. The molecule has 0 radical (unpaired) electrons. The second-order valence-electron chi connectivity index (χ2n) is 2.48. The van der Waals surface area contributed by atoms with Crippen LogP contribution in [0.3, 0.4) is 0 Å². The Morgan fingerprint density at radius 2 is 2.27 bits per heavy atom. The Labute approximate surface area is 76.4 Å². The third-order valence-electron chi connectivity index (χ3n) is 1.29. The molecule has 1 unspecified atom stereocenters. The molecule has 2 nitrogen and oxygen atoms in total. The molecule has 0 saturated carbocycles. The summed E-state index contributed by atoms with van der Waals surface area (Å²) in [6, 6.07) is 0. The van der Waals surface area contributed by atoms with Crippen molar-refractivity contribution in [2.24, 2.45) is 0 Å². The summed E-state index contributed by atoms with van der Waals surface area (Å²) in [6.07, 6.45) is 2.48. The van der Waals surface area contributed by atoms with Crippen LogP contribution in [0.1, 0.15) is 33.1 Å². The van der Waals surface area contributed by atoms with Crippen molar-refractivity contribution in [3.63, 3.8) is 0 Å². The largest absolute Gasteiger partial charge is 0.466 e. The van der Waals surface area contributed by atoms with Crippen LogP contribution in [0.25, 0.3) is 0 Å². The Balaban J connectivity index is 3.17. The van der Waals surface area contributed by atoms with E-state index in [4.69, 9.17) is 4.74 Å². The molecule has 0 saturated heterocycles. The summed E-state index contributed by atoms with van der Waals surface area (Å²) >= 11 is 3.41. The van der Waals surface area contributed by atoms with Crippen LogP contribution < -0.4 is 0 Å². The molecule has 0 aliphatic rings. The van der Waals surface area contributed by atoms with Crippen molar-refractivity contribution in [2.45, 2.75) is 37.9 Å². The Bertz CT molecular complexity index is 113. The molecule has 0 spiro atoms. The van der Waals surface area contributed by atoms with Crippen LogP contribution in [0.2, 0.25) is 0 Å². The minimum Gasteiger partial charge on any atom is -0.466 e. The zero-order chi connectivity index (χ0) is 8.69. The smallest absolute Gasteiger partial charge is 0.305 e. The number of hydrogen-bond donors (Lipinski definition) is 0. The van der Waals surface area contributed by atoms with Gasteiger partial charge in [0, 0.05) is 11.2 Å². The van der Waals surface area contributed by atoms with E-state index in [9.17, 15) is 4.79 Å². The van der Waals surface area contributed by atoms with Crippen LogP contribution in [-0.2, 0) is 9.53 Å². The molecule has 0 heterocycles. The summed E-state index contributed by atoms with van der Waals surface area (Å²) in [5, 5.41) is 0. The molecule has 0 amide bonds. The van der Waals surface area contributed by atoms with E-state index in [1.54, 1.807) is 0 Å². The maximum Gasteiger partial charge on any atom is 0.305 e. The van der Waals surface area contributed by atoms with Gasteiger partial charge in [-0.1, -0.05) is 22.9 Å². The molecule has 0 aromatic rings. The van der Waals surface area contributed by atoms with Gasteiger partial charge in [0.05, 0.1) is 6.61 Å². The van der Waals surface area contributed by atoms with Crippen molar-refractivity contribution < 1.29 is 9.53 Å². The van der Waals surface area contributed by atoms with Crippen molar-refractivity contribution in [1.82, 2.24) is 0 Å². The van der Waals surface area contributed by atoms with Crippen molar-refractivity contribution in [1.29, 1.82) is 0 Å². The van der Waals surface area contributed by atoms with Crippen molar-refractivity contribution in [3.8, 4) is 0 Å². The van der Waals surface area contributed by atoms with Gasteiger partial charge in [-0.3, -0.25) is 4.79 Å². The lowest BCUT2D eigenvalue weighted by molar-refractivity contribution is -0.143. The van der Waals surface area contributed by atoms with E-state index in [-0.39, 0.29) is 5.97 Å². The van der Waals surface area contributed by atoms with Crippen LogP contribution in [0.5, 0.6) is 0 Å². The molecular formula is C8H15BrO2. The standard InChI is InChI=1S/C8H15BrO2/c1-3-11-8(10)6-4-5-7(2)9/h7H,3-6H2,1-2H3. The molecule has 3 heteroatoms. The number of alkyl halides is 1. The van der Waals surface area contributed by atoms with Gasteiger partial charge in [0.25, 0.3) is 0 Å². The van der Waals surface area contributed by atoms with Crippen molar-refractivity contribution in [3.05, 3.63) is 0 Å². The molecule has 0 aromatic heterocycles. The third-order valence-corrected chi connectivity index (χ3v) is 1.75. The lowest BCUT2D eigenvalue weighted by Crippen LogP contribution is -2.04. The summed E-state index contributed by atoms with van der Waals surface area (Å²) in [4.78, 5) is 11.3. The average Bonchev–Trinajstić information content (AvgIpc) is 1.87. The van der Waals surface area contributed by atoms with Gasteiger partial charge in [0.1, 0.15) is 0 Å². The fraction of sp³-hybridized carbons (Fsp3) is 0.875. The van der Waals surface area contributed by atoms with Crippen LogP contribution in [0, 0.1) is 0 Å². The van der Waals surface area contributed by atoms with E-state index >= 15 is 0 Å². The first-order valence-corrected chi connectivity index (χ1v) is 4.88. The molecule has 0 aromatic carbocycles. The summed E-state index contributed by atoms with van der Waals surface area (Å²) in [6.45, 7) is 4.39. The zero-order valence-electron chi connectivity index (χ0n) is 7.10. The highest BCUT2D eigenvalue weighted by Gasteiger charge is 2.02. The Morgan fingerprint density at radius 1 is 1.64 bits per heavy atom. The first-order valence-electron chi connectivity index (χ1n) is 3.96. The highest BCUT2D eigenvalue weighted by Crippen LogP contribution is 2.08.